The van der Waals surface area contributed by atoms with Crippen molar-refractivity contribution in [1.29, 1.82) is 0 Å². The molecule has 0 bridgehead atoms. The second kappa shape index (κ2) is 7.24. The normalized spacial score (nSPS) is 10.8. The molecule has 1 aromatic heterocycles. The van der Waals surface area contributed by atoms with Crippen LogP contribution in [0, 0.1) is 6.92 Å². The Morgan fingerprint density at radius 3 is 2.71 bits per heavy atom. The molecule has 0 aliphatic heterocycles. The van der Waals surface area contributed by atoms with Crippen LogP contribution in [0.5, 0.6) is 5.75 Å². The highest BCUT2D eigenvalue weighted by molar-refractivity contribution is 7.80. The molecule has 1 aromatic carbocycles. The summed E-state index contributed by atoms with van der Waals surface area (Å²) in [7, 11) is 2.03. The highest BCUT2D eigenvalue weighted by atomic mass is 32.1. The zero-order valence-electron chi connectivity index (χ0n) is 12.3. The Morgan fingerprint density at radius 1 is 1.29 bits per heavy atom. The van der Waals surface area contributed by atoms with E-state index < -0.39 is 0 Å². The summed E-state index contributed by atoms with van der Waals surface area (Å²) in [4.78, 5) is 2.49. The zero-order valence-corrected chi connectivity index (χ0v) is 13.2. The SMILES string of the molecule is Cc1ccc(CN(C)CCOc2ccccc2C(N)=S)o1. The number of aryl methyl sites for hydroxylation is 1. The number of ether oxygens (including phenoxy) is 1. The molecule has 0 amide bonds. The molecule has 0 unspecified atom stereocenters. The van der Waals surface area contributed by atoms with Gasteiger partial charge in [0.15, 0.2) is 0 Å². The molecule has 5 heteroatoms. The maximum atomic E-state index is 5.77. The van der Waals surface area contributed by atoms with Gasteiger partial charge in [0.2, 0.25) is 0 Å². The zero-order chi connectivity index (χ0) is 15.2. The smallest absolute Gasteiger partial charge is 0.129 e. The average Bonchev–Trinajstić information content (AvgIpc) is 2.84. The fourth-order valence-corrected chi connectivity index (χ4v) is 2.19. The third-order valence-corrected chi connectivity index (χ3v) is 3.32. The van der Waals surface area contributed by atoms with Crippen LogP contribution >= 0.6 is 12.2 Å². The largest absolute Gasteiger partial charge is 0.492 e. The van der Waals surface area contributed by atoms with Crippen molar-refractivity contribution < 1.29 is 9.15 Å². The first-order valence-corrected chi connectivity index (χ1v) is 7.22. The number of furan rings is 1. The molecule has 1 heterocycles. The summed E-state index contributed by atoms with van der Waals surface area (Å²) in [6.45, 7) is 4.05. The van der Waals surface area contributed by atoms with Crippen LogP contribution in [0.15, 0.2) is 40.8 Å². The van der Waals surface area contributed by atoms with Gasteiger partial charge >= 0.3 is 0 Å². The second-order valence-corrected chi connectivity index (χ2v) is 5.40. The Kier molecular flexibility index (Phi) is 5.36. The maximum absolute atomic E-state index is 5.77. The minimum Gasteiger partial charge on any atom is -0.492 e. The van der Waals surface area contributed by atoms with Gasteiger partial charge in [0, 0.05) is 6.54 Å². The molecule has 0 aliphatic rings. The van der Waals surface area contributed by atoms with Crippen molar-refractivity contribution in [3.63, 3.8) is 0 Å². The fourth-order valence-electron chi connectivity index (χ4n) is 2.02. The van der Waals surface area contributed by atoms with Gasteiger partial charge in [-0.25, -0.2) is 0 Å². The van der Waals surface area contributed by atoms with E-state index in [9.17, 15) is 0 Å². The summed E-state index contributed by atoms with van der Waals surface area (Å²) < 4.78 is 11.3. The molecule has 21 heavy (non-hydrogen) atoms. The molecule has 0 radical (unpaired) electrons. The Labute approximate surface area is 130 Å². The van der Waals surface area contributed by atoms with Gasteiger partial charge in [-0.3, -0.25) is 4.90 Å². The van der Waals surface area contributed by atoms with Crippen LogP contribution in [0.1, 0.15) is 17.1 Å². The first-order chi connectivity index (χ1) is 10.1. The Balaban J connectivity index is 1.83. The van der Waals surface area contributed by atoms with Crippen LogP contribution in [0.3, 0.4) is 0 Å². The van der Waals surface area contributed by atoms with E-state index in [1.54, 1.807) is 0 Å². The summed E-state index contributed by atoms with van der Waals surface area (Å²) in [5, 5.41) is 0. The topological polar surface area (TPSA) is 51.6 Å². The Morgan fingerprint density at radius 2 is 2.05 bits per heavy atom. The highest BCUT2D eigenvalue weighted by Gasteiger charge is 2.07. The summed E-state index contributed by atoms with van der Waals surface area (Å²) in [5.41, 5.74) is 6.45. The quantitative estimate of drug-likeness (QED) is 0.797. The summed E-state index contributed by atoms with van der Waals surface area (Å²) in [6, 6.07) is 11.5. The van der Waals surface area contributed by atoms with Crippen molar-refractivity contribution in [2.24, 2.45) is 5.73 Å². The molecule has 0 saturated carbocycles. The van der Waals surface area contributed by atoms with Crippen LogP contribution in [-0.4, -0.2) is 30.1 Å². The summed E-state index contributed by atoms with van der Waals surface area (Å²) >= 11 is 5.02. The van der Waals surface area contributed by atoms with Crippen LogP contribution in [0.2, 0.25) is 0 Å². The molecule has 2 N–H and O–H groups in total. The van der Waals surface area contributed by atoms with Crippen LogP contribution in [0.25, 0.3) is 0 Å². The number of nitrogens with zero attached hydrogens (tertiary/aromatic N) is 1. The molecule has 4 nitrogen and oxygen atoms in total. The molecule has 0 fully saturated rings. The number of thiocarbonyl (C=S) groups is 1. The molecule has 0 saturated heterocycles. The van der Waals surface area contributed by atoms with Gasteiger partial charge < -0.3 is 14.9 Å². The van der Waals surface area contributed by atoms with E-state index >= 15 is 0 Å². The van der Waals surface area contributed by atoms with Gasteiger partial charge in [-0.1, -0.05) is 24.4 Å². The molecule has 112 valence electrons. The van der Waals surface area contributed by atoms with Crippen LogP contribution in [0.4, 0.5) is 0 Å². The van der Waals surface area contributed by atoms with Crippen molar-refractivity contribution in [1.82, 2.24) is 4.90 Å². The monoisotopic (exact) mass is 304 g/mol. The first kappa shape index (κ1) is 15.5. The van der Waals surface area contributed by atoms with Gasteiger partial charge in [-0.15, -0.1) is 0 Å². The molecular weight excluding hydrogens is 284 g/mol. The van der Waals surface area contributed by atoms with Gasteiger partial charge in [0.25, 0.3) is 0 Å². The number of hydrogen-bond acceptors (Lipinski definition) is 4. The molecule has 2 aromatic rings. The van der Waals surface area contributed by atoms with Gasteiger partial charge in [-0.05, 0) is 38.2 Å². The van der Waals surface area contributed by atoms with E-state index in [2.05, 4.69) is 4.90 Å². The van der Waals surface area contributed by atoms with Crippen molar-refractivity contribution in [2.45, 2.75) is 13.5 Å². The van der Waals surface area contributed by atoms with Gasteiger partial charge in [0.1, 0.15) is 28.9 Å². The second-order valence-electron chi connectivity index (χ2n) is 4.96. The number of likely N-dealkylation sites (N-methyl/N-ethyl adjacent to an activating group) is 1. The van der Waals surface area contributed by atoms with Crippen LogP contribution in [-0.2, 0) is 6.54 Å². The predicted octanol–water partition coefficient (Wildman–Crippen LogP) is 2.73. The number of nitrogens with two attached hydrogens (primary N) is 1. The standard InChI is InChI=1S/C16H20N2O2S/c1-12-7-8-13(20-12)11-18(2)9-10-19-15-6-4-3-5-14(15)16(17)21/h3-8H,9-11H2,1-2H3,(H2,17,21). The van der Waals surface area contributed by atoms with E-state index in [0.717, 1.165) is 35.9 Å². The lowest BCUT2D eigenvalue weighted by molar-refractivity contribution is 0.221. The Hall–Kier alpha value is -1.85. The number of rotatable bonds is 7. The number of benzene rings is 1. The van der Waals surface area contributed by atoms with E-state index in [-0.39, 0.29) is 0 Å². The molecule has 2 rings (SSSR count). The molecule has 0 spiro atoms. The highest BCUT2D eigenvalue weighted by Crippen LogP contribution is 2.17. The fraction of sp³-hybridized carbons (Fsp3) is 0.312. The molecule has 0 atom stereocenters. The van der Waals surface area contributed by atoms with Gasteiger partial charge in [-0.2, -0.15) is 0 Å². The first-order valence-electron chi connectivity index (χ1n) is 6.82. The predicted molar refractivity (Wildman–Crippen MR) is 87.6 cm³/mol. The lowest BCUT2D eigenvalue weighted by atomic mass is 10.2. The number of para-hydroxylation sites is 1. The minimum atomic E-state index is 0.352. The van der Waals surface area contributed by atoms with E-state index in [0.29, 0.717) is 11.6 Å². The van der Waals surface area contributed by atoms with Gasteiger partial charge in [0.05, 0.1) is 12.1 Å². The third kappa shape index (κ3) is 4.58. The lowest BCUT2D eigenvalue weighted by Gasteiger charge is -2.16. The average molecular weight is 304 g/mol. The van der Waals surface area contributed by atoms with E-state index in [1.807, 2.05) is 50.4 Å². The minimum absolute atomic E-state index is 0.352. The van der Waals surface area contributed by atoms with Crippen molar-refractivity contribution >= 4 is 17.2 Å². The third-order valence-electron chi connectivity index (χ3n) is 3.10. The lowest BCUT2D eigenvalue weighted by Crippen LogP contribution is -2.24. The van der Waals surface area contributed by atoms with Crippen molar-refractivity contribution in [3.8, 4) is 5.75 Å². The molecular formula is C16H20N2O2S. The maximum Gasteiger partial charge on any atom is 0.129 e. The van der Waals surface area contributed by atoms with E-state index in [4.69, 9.17) is 27.1 Å². The molecule has 0 aliphatic carbocycles. The summed E-state index contributed by atoms with van der Waals surface area (Å²) in [6.07, 6.45) is 0. The van der Waals surface area contributed by atoms with E-state index in [1.165, 1.54) is 0 Å². The van der Waals surface area contributed by atoms with Crippen LogP contribution < -0.4 is 10.5 Å². The Bertz CT molecular complexity index is 610. The van der Waals surface area contributed by atoms with Crippen molar-refractivity contribution in [3.05, 3.63) is 53.5 Å². The van der Waals surface area contributed by atoms with Crippen molar-refractivity contribution in [2.75, 3.05) is 20.2 Å². The summed E-state index contributed by atoms with van der Waals surface area (Å²) in [5.74, 6) is 2.62. The number of hydrogen-bond donors (Lipinski definition) is 1.